The van der Waals surface area contributed by atoms with Crippen LogP contribution in [0.25, 0.3) is 11.1 Å². The molecule has 1 aromatic heterocycles. The van der Waals surface area contributed by atoms with Crippen LogP contribution in [0.15, 0.2) is 48.7 Å². The molecule has 0 spiro atoms. The first-order valence-corrected chi connectivity index (χ1v) is 6.09. The van der Waals surface area contributed by atoms with E-state index in [4.69, 9.17) is 5.73 Å². The van der Waals surface area contributed by atoms with Gasteiger partial charge >= 0.3 is 0 Å². The van der Waals surface area contributed by atoms with Crippen LogP contribution in [0.5, 0.6) is 0 Å². The van der Waals surface area contributed by atoms with Crippen LogP contribution in [0, 0.1) is 0 Å². The Morgan fingerprint density at radius 2 is 1.76 bits per heavy atom. The highest BCUT2D eigenvalue weighted by Crippen LogP contribution is 2.41. The number of pyridine rings is 1. The molecule has 2 nitrogen and oxygen atoms in total. The van der Waals surface area contributed by atoms with Crippen molar-refractivity contribution in [2.24, 2.45) is 5.73 Å². The number of aromatic nitrogens is 1. The van der Waals surface area contributed by atoms with Crippen LogP contribution in [0.3, 0.4) is 0 Å². The van der Waals surface area contributed by atoms with E-state index in [-0.39, 0.29) is 5.54 Å². The zero-order valence-electron chi connectivity index (χ0n) is 9.76. The van der Waals surface area contributed by atoms with E-state index in [0.717, 1.165) is 18.5 Å². The Hall–Kier alpha value is -1.67. The van der Waals surface area contributed by atoms with Crippen molar-refractivity contribution in [3.8, 4) is 11.1 Å². The van der Waals surface area contributed by atoms with Crippen molar-refractivity contribution in [3.05, 3.63) is 54.4 Å². The lowest BCUT2D eigenvalue weighted by atomic mass is 9.73. The second-order valence-electron chi connectivity index (χ2n) is 4.78. The highest BCUT2D eigenvalue weighted by molar-refractivity contribution is 5.67. The maximum absolute atomic E-state index is 6.40. The molecule has 1 heterocycles. The van der Waals surface area contributed by atoms with Gasteiger partial charge in [0.05, 0.1) is 11.2 Å². The summed E-state index contributed by atoms with van der Waals surface area (Å²) in [6.07, 6.45) is 5.14. The molecule has 0 radical (unpaired) electrons. The Kier molecular flexibility index (Phi) is 2.45. The fourth-order valence-corrected chi connectivity index (χ4v) is 2.45. The third kappa shape index (κ3) is 1.75. The average molecular weight is 224 g/mol. The molecule has 1 fully saturated rings. The molecule has 1 aliphatic rings. The predicted octanol–water partition coefficient (Wildman–Crippen LogP) is 3.09. The van der Waals surface area contributed by atoms with Crippen molar-refractivity contribution < 1.29 is 0 Å². The number of hydrogen-bond acceptors (Lipinski definition) is 2. The molecule has 0 unspecified atom stereocenters. The third-order valence-corrected chi connectivity index (χ3v) is 3.61. The van der Waals surface area contributed by atoms with Crippen molar-refractivity contribution in [2.75, 3.05) is 0 Å². The molecule has 1 aromatic carbocycles. The van der Waals surface area contributed by atoms with E-state index in [0.29, 0.717) is 0 Å². The van der Waals surface area contributed by atoms with Crippen molar-refractivity contribution in [2.45, 2.75) is 24.8 Å². The van der Waals surface area contributed by atoms with Gasteiger partial charge in [-0.3, -0.25) is 4.98 Å². The minimum atomic E-state index is -0.202. The highest BCUT2D eigenvalue weighted by Gasteiger charge is 2.37. The molecule has 17 heavy (non-hydrogen) atoms. The average Bonchev–Trinajstić information content (AvgIpc) is 2.37. The Bertz CT molecular complexity index is 515. The minimum absolute atomic E-state index is 0.202. The number of benzene rings is 1. The molecular formula is C15H16N2. The van der Waals surface area contributed by atoms with Crippen LogP contribution >= 0.6 is 0 Å². The summed E-state index contributed by atoms with van der Waals surface area (Å²) in [5.74, 6) is 0. The number of rotatable bonds is 2. The number of nitrogens with two attached hydrogens (primary N) is 1. The molecule has 0 saturated heterocycles. The van der Waals surface area contributed by atoms with Crippen LogP contribution in [0.4, 0.5) is 0 Å². The van der Waals surface area contributed by atoms with Crippen molar-refractivity contribution in [3.63, 3.8) is 0 Å². The fourth-order valence-electron chi connectivity index (χ4n) is 2.45. The monoisotopic (exact) mass is 224 g/mol. The smallest absolute Gasteiger partial charge is 0.0680 e. The van der Waals surface area contributed by atoms with Crippen LogP contribution in [0.2, 0.25) is 0 Å². The van der Waals surface area contributed by atoms with Crippen LogP contribution < -0.4 is 5.73 Å². The summed E-state index contributed by atoms with van der Waals surface area (Å²) in [5, 5.41) is 0. The van der Waals surface area contributed by atoms with Gasteiger partial charge in [-0.1, -0.05) is 36.4 Å². The largest absolute Gasteiger partial charge is 0.320 e. The highest BCUT2D eigenvalue weighted by atomic mass is 14.9. The number of nitrogens with zero attached hydrogens (tertiary/aromatic N) is 1. The van der Waals surface area contributed by atoms with Gasteiger partial charge in [-0.25, -0.2) is 0 Å². The predicted molar refractivity (Wildman–Crippen MR) is 69.4 cm³/mol. The normalized spacial score (nSPS) is 17.5. The Labute approximate surface area is 102 Å². The molecule has 0 aliphatic heterocycles. The second-order valence-corrected chi connectivity index (χ2v) is 4.78. The van der Waals surface area contributed by atoms with E-state index < -0.39 is 0 Å². The summed E-state index contributed by atoms with van der Waals surface area (Å²) in [6.45, 7) is 0. The maximum atomic E-state index is 6.40. The molecule has 0 atom stereocenters. The van der Waals surface area contributed by atoms with Gasteiger partial charge in [-0.2, -0.15) is 0 Å². The lowest BCUT2D eigenvalue weighted by Crippen LogP contribution is -2.44. The van der Waals surface area contributed by atoms with Crippen LogP contribution in [-0.4, -0.2) is 4.98 Å². The van der Waals surface area contributed by atoms with E-state index >= 15 is 0 Å². The Balaban J connectivity index is 2.11. The quantitative estimate of drug-likeness (QED) is 0.851. The summed E-state index contributed by atoms with van der Waals surface area (Å²) in [7, 11) is 0. The molecule has 2 heteroatoms. The van der Waals surface area contributed by atoms with E-state index in [1.807, 2.05) is 18.3 Å². The van der Waals surface area contributed by atoms with E-state index in [1.54, 1.807) is 0 Å². The van der Waals surface area contributed by atoms with E-state index in [9.17, 15) is 0 Å². The van der Waals surface area contributed by atoms with Gasteiger partial charge in [0.1, 0.15) is 0 Å². The fraction of sp³-hybridized carbons (Fsp3) is 0.267. The second kappa shape index (κ2) is 3.97. The number of hydrogen-bond donors (Lipinski definition) is 1. The van der Waals surface area contributed by atoms with Crippen LogP contribution in [-0.2, 0) is 5.54 Å². The topological polar surface area (TPSA) is 38.9 Å². The molecule has 2 aromatic rings. The molecule has 1 aliphatic carbocycles. The van der Waals surface area contributed by atoms with Gasteiger partial charge in [0.15, 0.2) is 0 Å². The van der Waals surface area contributed by atoms with Crippen molar-refractivity contribution >= 4 is 0 Å². The SMILES string of the molecule is NC1(c2ncccc2-c2ccccc2)CCC1. The Morgan fingerprint density at radius 3 is 2.41 bits per heavy atom. The molecule has 2 N–H and O–H groups in total. The van der Waals surface area contributed by atoms with E-state index in [2.05, 4.69) is 35.3 Å². The summed E-state index contributed by atoms with van der Waals surface area (Å²) >= 11 is 0. The van der Waals surface area contributed by atoms with Crippen LogP contribution in [0.1, 0.15) is 25.0 Å². The molecule has 1 saturated carbocycles. The molecule has 86 valence electrons. The lowest BCUT2D eigenvalue weighted by Gasteiger charge is -2.38. The Morgan fingerprint density at radius 1 is 1.00 bits per heavy atom. The maximum Gasteiger partial charge on any atom is 0.0680 e. The van der Waals surface area contributed by atoms with Gasteiger partial charge < -0.3 is 5.73 Å². The standard InChI is InChI=1S/C15H16N2/c16-15(9-5-10-15)14-13(8-4-11-17-14)12-6-2-1-3-7-12/h1-4,6-8,11H,5,9-10,16H2. The first-order chi connectivity index (χ1) is 8.30. The molecule has 0 amide bonds. The van der Waals surface area contributed by atoms with Gasteiger partial charge in [-0.05, 0) is 30.9 Å². The molecule has 0 bridgehead atoms. The van der Waals surface area contributed by atoms with Crippen molar-refractivity contribution in [1.29, 1.82) is 0 Å². The minimum Gasteiger partial charge on any atom is -0.320 e. The first-order valence-electron chi connectivity index (χ1n) is 6.09. The summed E-state index contributed by atoms with van der Waals surface area (Å²) in [6, 6.07) is 14.5. The van der Waals surface area contributed by atoms with Gasteiger partial charge in [0.2, 0.25) is 0 Å². The van der Waals surface area contributed by atoms with Crippen molar-refractivity contribution in [1.82, 2.24) is 4.98 Å². The first kappa shape index (κ1) is 10.5. The zero-order chi connectivity index (χ0) is 11.7. The van der Waals surface area contributed by atoms with E-state index in [1.165, 1.54) is 17.5 Å². The summed E-state index contributed by atoms with van der Waals surface area (Å²) < 4.78 is 0. The summed E-state index contributed by atoms with van der Waals surface area (Å²) in [4.78, 5) is 4.52. The molecular weight excluding hydrogens is 208 g/mol. The van der Waals surface area contributed by atoms with Gasteiger partial charge in [-0.15, -0.1) is 0 Å². The zero-order valence-corrected chi connectivity index (χ0v) is 9.76. The molecule has 3 rings (SSSR count). The van der Waals surface area contributed by atoms with Gasteiger partial charge in [0.25, 0.3) is 0 Å². The third-order valence-electron chi connectivity index (χ3n) is 3.61. The lowest BCUT2D eigenvalue weighted by molar-refractivity contribution is 0.247. The summed E-state index contributed by atoms with van der Waals surface area (Å²) in [5.41, 5.74) is 9.63. The van der Waals surface area contributed by atoms with Gasteiger partial charge in [0, 0.05) is 11.8 Å².